The Morgan fingerprint density at radius 1 is 0.939 bits per heavy atom. The molecule has 12 nitrogen and oxygen atoms in total. The molecule has 0 amide bonds. The highest BCUT2D eigenvalue weighted by Crippen LogP contribution is 2.65. The summed E-state index contributed by atoms with van der Waals surface area (Å²) in [6, 6.07) is 17.1. The van der Waals surface area contributed by atoms with Gasteiger partial charge in [-0.15, -0.1) is 0 Å². The summed E-state index contributed by atoms with van der Waals surface area (Å²) < 4.78 is 29.3. The molecule has 2 aromatic carbocycles. The summed E-state index contributed by atoms with van der Waals surface area (Å²) >= 11 is 0. The maximum Gasteiger partial charge on any atom is 0.509 e. The Labute approximate surface area is 284 Å². The molecule has 2 saturated carbocycles. The number of rotatable bonds is 6. The van der Waals surface area contributed by atoms with Crippen LogP contribution in [0.2, 0.25) is 0 Å². The first-order chi connectivity index (χ1) is 23.1. The van der Waals surface area contributed by atoms with Crippen molar-refractivity contribution in [3.8, 4) is 0 Å². The van der Waals surface area contributed by atoms with E-state index in [2.05, 4.69) is 0 Å². The van der Waals surface area contributed by atoms with Gasteiger partial charge < -0.3 is 44.1 Å². The van der Waals surface area contributed by atoms with E-state index in [0.29, 0.717) is 5.57 Å². The number of esters is 2. The number of hydrogen-bond donors (Lipinski definition) is 4. The Morgan fingerprint density at radius 3 is 2.16 bits per heavy atom. The molecule has 2 bridgehead atoms. The van der Waals surface area contributed by atoms with Crippen molar-refractivity contribution in [1.29, 1.82) is 0 Å². The number of carbonyl (C=O) groups is 3. The lowest BCUT2D eigenvalue weighted by molar-refractivity contribution is -0.365. The SMILES string of the molecule is CC(=O)O[C@@]12CO[C@@H]1C[C@H](O)[C@@]1(C)[C@H](O)[C@H](O)C3=C(C)[C@@H](OC(=O)OCc4ccccc4)C[C@@](O)([C@@H](OC(=O)c4ccccc4)[C@H]21)C3(C)C. The van der Waals surface area contributed by atoms with Crippen molar-refractivity contribution in [2.45, 2.75) is 102 Å². The van der Waals surface area contributed by atoms with Crippen LogP contribution in [0.3, 0.4) is 0 Å². The molecule has 12 heteroatoms. The maximum absolute atomic E-state index is 13.9. The van der Waals surface area contributed by atoms with E-state index in [1.165, 1.54) is 26.0 Å². The second-order valence-corrected chi connectivity index (χ2v) is 14.5. The van der Waals surface area contributed by atoms with Crippen LogP contribution in [0.25, 0.3) is 0 Å². The molecule has 0 aromatic heterocycles. The van der Waals surface area contributed by atoms with Crippen LogP contribution in [0.15, 0.2) is 71.8 Å². The lowest BCUT2D eigenvalue weighted by Crippen LogP contribution is -2.82. The number of ether oxygens (including phenoxy) is 5. The quantitative estimate of drug-likeness (QED) is 0.199. The van der Waals surface area contributed by atoms with Gasteiger partial charge in [0.25, 0.3) is 0 Å². The smallest absolute Gasteiger partial charge is 0.455 e. The molecule has 6 rings (SSSR count). The summed E-state index contributed by atoms with van der Waals surface area (Å²) in [5.41, 5.74) is -5.52. The zero-order valence-electron chi connectivity index (χ0n) is 28.2. The van der Waals surface area contributed by atoms with Gasteiger partial charge in [0, 0.05) is 30.6 Å². The van der Waals surface area contributed by atoms with Crippen LogP contribution in [-0.4, -0.2) is 93.0 Å². The summed E-state index contributed by atoms with van der Waals surface area (Å²) in [6.45, 7) is 7.38. The molecular weight excluding hydrogens is 636 g/mol. The fraction of sp³-hybridized carbons (Fsp3) is 0.541. The maximum atomic E-state index is 13.9. The molecule has 1 heterocycles. The third kappa shape index (κ3) is 5.45. The van der Waals surface area contributed by atoms with Crippen molar-refractivity contribution in [3.05, 3.63) is 82.9 Å². The fourth-order valence-electron chi connectivity index (χ4n) is 8.86. The average molecular weight is 681 g/mol. The predicted octanol–water partition coefficient (Wildman–Crippen LogP) is 3.23. The van der Waals surface area contributed by atoms with Crippen LogP contribution in [0.4, 0.5) is 4.79 Å². The zero-order valence-corrected chi connectivity index (χ0v) is 28.2. The number of aliphatic hydroxyl groups is 4. The van der Waals surface area contributed by atoms with Gasteiger partial charge in [0.05, 0.1) is 30.3 Å². The molecule has 0 spiro atoms. The van der Waals surface area contributed by atoms with Crippen molar-refractivity contribution in [2.75, 3.05) is 6.61 Å². The van der Waals surface area contributed by atoms with E-state index < -0.39 is 82.7 Å². The lowest BCUT2D eigenvalue weighted by atomic mass is 9.44. The Balaban J connectivity index is 1.51. The number of aliphatic hydroxyl groups excluding tert-OH is 3. The largest absolute Gasteiger partial charge is 0.509 e. The van der Waals surface area contributed by atoms with E-state index >= 15 is 0 Å². The van der Waals surface area contributed by atoms with Gasteiger partial charge in [-0.25, -0.2) is 9.59 Å². The van der Waals surface area contributed by atoms with E-state index in [4.69, 9.17) is 23.7 Å². The molecule has 3 fully saturated rings. The van der Waals surface area contributed by atoms with Crippen LogP contribution < -0.4 is 0 Å². The highest BCUT2D eigenvalue weighted by atomic mass is 16.7. The Hall–Kier alpha value is -3.81. The zero-order chi connectivity index (χ0) is 35.5. The van der Waals surface area contributed by atoms with E-state index in [9.17, 15) is 34.8 Å². The van der Waals surface area contributed by atoms with Gasteiger partial charge in [-0.1, -0.05) is 69.3 Å². The van der Waals surface area contributed by atoms with Crippen molar-refractivity contribution >= 4 is 18.1 Å². The van der Waals surface area contributed by atoms with Gasteiger partial charge >= 0.3 is 18.1 Å². The minimum absolute atomic E-state index is 0.0672. The summed E-state index contributed by atoms with van der Waals surface area (Å²) in [4.78, 5) is 39.8. The lowest BCUT2D eigenvalue weighted by Gasteiger charge is -2.69. The number of fused-ring (bicyclic) bond motifs is 5. The molecule has 0 unspecified atom stereocenters. The molecule has 264 valence electrons. The standard InChI is InChI=1S/C37H44O12/c1-20-24(47-33(43)45-18-22-12-8-6-9-13-22)17-37(44)31(48-32(42)23-14-10-7-11-15-23)29-35(5,30(41)28(40)27(20)34(37,3)4)25(39)16-26-36(29,19-46-26)49-21(2)38/h6-15,24-26,28-31,39-41,44H,16-19H2,1-5H3/t24-,25-,26+,28+,29-,30+,31-,35+,36-,37+/m0/s1. The molecule has 49 heavy (non-hydrogen) atoms. The number of carbonyl (C=O) groups excluding carboxylic acids is 3. The van der Waals surface area contributed by atoms with Crippen molar-refractivity contribution < 1.29 is 58.5 Å². The van der Waals surface area contributed by atoms with Crippen LogP contribution in [0, 0.1) is 16.7 Å². The van der Waals surface area contributed by atoms with E-state index in [1.807, 2.05) is 6.07 Å². The van der Waals surface area contributed by atoms with E-state index in [0.717, 1.165) is 5.56 Å². The summed E-state index contributed by atoms with van der Waals surface area (Å²) in [7, 11) is 0. The molecule has 3 aliphatic carbocycles. The molecule has 4 aliphatic rings. The fourth-order valence-corrected chi connectivity index (χ4v) is 8.86. The van der Waals surface area contributed by atoms with Gasteiger partial charge in [0.1, 0.15) is 36.6 Å². The third-order valence-electron chi connectivity index (χ3n) is 11.6. The Bertz CT molecular complexity index is 1620. The first kappa shape index (κ1) is 35.0. The third-order valence-corrected chi connectivity index (χ3v) is 11.6. The second kappa shape index (κ2) is 12.5. The van der Waals surface area contributed by atoms with Crippen molar-refractivity contribution in [1.82, 2.24) is 0 Å². The van der Waals surface area contributed by atoms with Gasteiger partial charge in [0.15, 0.2) is 5.60 Å². The molecule has 1 saturated heterocycles. The van der Waals surface area contributed by atoms with Gasteiger partial charge in [0.2, 0.25) is 0 Å². The molecule has 10 atom stereocenters. The van der Waals surface area contributed by atoms with Crippen molar-refractivity contribution in [2.24, 2.45) is 16.7 Å². The first-order valence-electron chi connectivity index (χ1n) is 16.5. The van der Waals surface area contributed by atoms with E-state index in [1.54, 1.807) is 63.2 Å². The minimum atomic E-state index is -2.16. The molecular formula is C37H44O12. The number of benzene rings is 2. The Morgan fingerprint density at radius 2 is 1.57 bits per heavy atom. The van der Waals surface area contributed by atoms with Crippen LogP contribution in [-0.2, 0) is 35.1 Å². The van der Waals surface area contributed by atoms with Crippen molar-refractivity contribution in [3.63, 3.8) is 0 Å². The molecule has 0 radical (unpaired) electrons. The van der Waals surface area contributed by atoms with Crippen LogP contribution in [0.5, 0.6) is 0 Å². The van der Waals surface area contributed by atoms with Gasteiger partial charge in [-0.3, -0.25) is 4.79 Å². The summed E-state index contributed by atoms with van der Waals surface area (Å²) in [6.07, 6.45) is -9.94. The monoisotopic (exact) mass is 680 g/mol. The van der Waals surface area contributed by atoms with Crippen LogP contribution >= 0.6 is 0 Å². The van der Waals surface area contributed by atoms with Crippen LogP contribution in [0.1, 0.15) is 63.4 Å². The van der Waals surface area contributed by atoms with Gasteiger partial charge in [-0.05, 0) is 35.8 Å². The molecule has 4 N–H and O–H groups in total. The van der Waals surface area contributed by atoms with E-state index in [-0.39, 0.29) is 37.2 Å². The first-order valence-corrected chi connectivity index (χ1v) is 16.5. The normalized spacial score (nSPS) is 37.6. The highest BCUT2D eigenvalue weighted by Gasteiger charge is 2.77. The minimum Gasteiger partial charge on any atom is -0.455 e. The Kier molecular flexibility index (Phi) is 8.94. The summed E-state index contributed by atoms with van der Waals surface area (Å²) in [5, 5.41) is 49.3. The topological polar surface area (TPSA) is 178 Å². The predicted molar refractivity (Wildman–Crippen MR) is 172 cm³/mol. The second-order valence-electron chi connectivity index (χ2n) is 14.5. The molecule has 2 aromatic rings. The molecule has 1 aliphatic heterocycles. The highest BCUT2D eigenvalue weighted by molar-refractivity contribution is 5.89. The number of hydrogen-bond acceptors (Lipinski definition) is 12. The average Bonchev–Trinajstić information content (AvgIpc) is 3.06. The van der Waals surface area contributed by atoms with Gasteiger partial charge in [-0.2, -0.15) is 0 Å². The summed E-state index contributed by atoms with van der Waals surface area (Å²) in [5.74, 6) is -2.83.